The van der Waals surface area contributed by atoms with Crippen molar-refractivity contribution >= 4 is 22.6 Å². The van der Waals surface area contributed by atoms with E-state index >= 15 is 0 Å². The van der Waals surface area contributed by atoms with Crippen molar-refractivity contribution in [3.05, 3.63) is 89.6 Å². The van der Waals surface area contributed by atoms with Gasteiger partial charge in [0, 0.05) is 22.2 Å². The second-order valence-corrected chi connectivity index (χ2v) is 10.9. The summed E-state index contributed by atoms with van der Waals surface area (Å²) in [5, 5.41) is 2.05. The lowest BCUT2D eigenvalue weighted by Gasteiger charge is -2.37. The fourth-order valence-electron chi connectivity index (χ4n) is 5.19. The molecule has 2 N–H and O–H groups in total. The van der Waals surface area contributed by atoms with Gasteiger partial charge in [0.15, 0.2) is 0 Å². The molecule has 1 atom stereocenters. The topological polar surface area (TPSA) is 101 Å². The fourth-order valence-corrected chi connectivity index (χ4v) is 5.19. The molecule has 0 saturated heterocycles. The van der Waals surface area contributed by atoms with E-state index in [1.807, 2.05) is 56.6 Å². The van der Waals surface area contributed by atoms with Gasteiger partial charge < -0.3 is 24.4 Å². The number of ether oxygens (including phenoxy) is 3. The molecule has 4 aromatic rings. The maximum atomic E-state index is 13.4. The summed E-state index contributed by atoms with van der Waals surface area (Å²) in [7, 11) is 6.92. The molecule has 0 fully saturated rings. The highest BCUT2D eigenvalue weighted by Gasteiger charge is 2.39. The number of benzene rings is 3. The average Bonchev–Trinajstić information content (AvgIpc) is 2.99. The smallest absolute Gasteiger partial charge is 0.369 e. The number of likely N-dealkylation sites (N-methyl/N-ethyl adjacent to an activating group) is 1. The van der Waals surface area contributed by atoms with Gasteiger partial charge in [0.1, 0.15) is 18.9 Å². The van der Waals surface area contributed by atoms with Gasteiger partial charge in [-0.15, -0.1) is 0 Å². The van der Waals surface area contributed by atoms with Crippen LogP contribution >= 0.6 is 0 Å². The van der Waals surface area contributed by atoms with Crippen LogP contribution in [-0.2, 0) is 16.0 Å². The highest BCUT2D eigenvalue weighted by Crippen LogP contribution is 2.36. The number of hydrogen-bond donors (Lipinski definition) is 1. The van der Waals surface area contributed by atoms with Crippen molar-refractivity contribution < 1.29 is 28.3 Å². The number of nitrogens with zero attached hydrogens (tertiary/aromatic N) is 2. The summed E-state index contributed by atoms with van der Waals surface area (Å²) in [5.74, 6) is 0.350. The Labute approximate surface area is 247 Å². The molecule has 42 heavy (non-hydrogen) atoms. The molecular formula is C34H40N3O5+. The van der Waals surface area contributed by atoms with Crippen molar-refractivity contribution in [2.24, 2.45) is 5.73 Å². The Morgan fingerprint density at radius 3 is 2.38 bits per heavy atom. The number of amides is 1. The van der Waals surface area contributed by atoms with Crippen LogP contribution in [0, 0.1) is 0 Å². The zero-order valence-electron chi connectivity index (χ0n) is 25.1. The average molecular weight is 571 g/mol. The second kappa shape index (κ2) is 13.5. The minimum Gasteiger partial charge on any atom is -0.497 e. The predicted molar refractivity (Wildman–Crippen MR) is 165 cm³/mol. The second-order valence-electron chi connectivity index (χ2n) is 10.9. The maximum absolute atomic E-state index is 13.4. The number of carbonyl (C=O) groups is 2. The van der Waals surface area contributed by atoms with Crippen LogP contribution in [0.25, 0.3) is 21.9 Å². The van der Waals surface area contributed by atoms with E-state index < -0.39 is 17.9 Å². The molecule has 0 aliphatic heterocycles. The first kappa shape index (κ1) is 30.5. The predicted octanol–water partition coefficient (Wildman–Crippen LogP) is 5.72. The number of aromatic nitrogens is 1. The van der Waals surface area contributed by atoms with Gasteiger partial charge in [-0.2, -0.15) is 0 Å². The van der Waals surface area contributed by atoms with Crippen LogP contribution in [0.2, 0.25) is 0 Å². The number of nitrogens with two attached hydrogens (primary N) is 1. The quantitative estimate of drug-likeness (QED) is 0.163. The third-order valence-electron chi connectivity index (χ3n) is 7.61. The number of fused-ring (bicyclic) bond motifs is 1. The molecule has 220 valence electrons. The molecule has 4 rings (SSSR count). The van der Waals surface area contributed by atoms with Crippen molar-refractivity contribution in [2.45, 2.75) is 32.2 Å². The number of quaternary nitrogens is 1. The Morgan fingerprint density at radius 2 is 1.71 bits per heavy atom. The van der Waals surface area contributed by atoms with Gasteiger partial charge >= 0.3 is 5.97 Å². The molecular weight excluding hydrogens is 530 g/mol. The van der Waals surface area contributed by atoms with Crippen LogP contribution in [-0.4, -0.2) is 62.8 Å². The molecule has 0 saturated carbocycles. The van der Waals surface area contributed by atoms with E-state index in [-0.39, 0.29) is 4.48 Å². The molecule has 0 aliphatic rings. The molecule has 0 aliphatic carbocycles. The number of pyridine rings is 1. The molecule has 0 radical (unpaired) electrons. The van der Waals surface area contributed by atoms with Crippen molar-refractivity contribution in [1.29, 1.82) is 0 Å². The fraction of sp³-hybridized carbons (Fsp3) is 0.324. The number of primary amides is 1. The Morgan fingerprint density at radius 1 is 0.976 bits per heavy atom. The number of hydrogen-bond acceptors (Lipinski definition) is 6. The molecule has 1 amide bonds. The van der Waals surface area contributed by atoms with Crippen LogP contribution in [0.4, 0.5) is 0 Å². The van der Waals surface area contributed by atoms with Crippen molar-refractivity contribution in [3.8, 4) is 22.8 Å². The molecule has 0 unspecified atom stereocenters. The Bertz CT molecular complexity index is 1550. The monoisotopic (exact) mass is 570 g/mol. The van der Waals surface area contributed by atoms with E-state index in [1.54, 1.807) is 25.3 Å². The Balaban J connectivity index is 1.67. The lowest BCUT2D eigenvalue weighted by atomic mass is 9.91. The number of unbranched alkanes of at least 4 members (excludes halogenated alkanes) is 1. The van der Waals surface area contributed by atoms with Crippen LogP contribution in [0.1, 0.15) is 47.4 Å². The molecule has 0 spiro atoms. The van der Waals surface area contributed by atoms with Crippen LogP contribution in [0.5, 0.6) is 11.6 Å². The van der Waals surface area contributed by atoms with E-state index in [0.29, 0.717) is 41.5 Å². The Kier molecular flexibility index (Phi) is 9.80. The summed E-state index contributed by atoms with van der Waals surface area (Å²) in [6.45, 7) is 2.97. The molecule has 1 heterocycles. The van der Waals surface area contributed by atoms with Gasteiger partial charge in [0.25, 0.3) is 0 Å². The standard InChI is InChI=1S/C34H39N3O5/c1-6-7-11-26-21-24-10-8-9-12-28(24)33(36-26)42-20-19-37(2,3)31(34(39)41-5)29-18-15-25(32(35)38)22-30(29)23-13-16-27(40-4)17-14-23/h8-10,12-18,21-22,31H,6-7,11,19-20H2,1-5H3,(H-,35,38)/p+1/t31-/m1/s1. The van der Waals surface area contributed by atoms with Gasteiger partial charge in [-0.1, -0.05) is 49.7 Å². The first-order valence-electron chi connectivity index (χ1n) is 14.2. The summed E-state index contributed by atoms with van der Waals surface area (Å²) >= 11 is 0. The number of aryl methyl sites for hydroxylation is 1. The van der Waals surface area contributed by atoms with Gasteiger partial charge in [-0.25, -0.2) is 9.78 Å². The van der Waals surface area contributed by atoms with Gasteiger partial charge in [-0.3, -0.25) is 4.79 Å². The van der Waals surface area contributed by atoms with Crippen LogP contribution in [0.15, 0.2) is 72.8 Å². The summed E-state index contributed by atoms with van der Waals surface area (Å²) in [6, 6.07) is 22.1. The number of methoxy groups -OCH3 is 2. The van der Waals surface area contributed by atoms with E-state index in [0.717, 1.165) is 41.3 Å². The minimum absolute atomic E-state index is 0.235. The molecule has 8 nitrogen and oxygen atoms in total. The zero-order chi connectivity index (χ0) is 30.3. The third-order valence-corrected chi connectivity index (χ3v) is 7.61. The molecule has 0 bridgehead atoms. The van der Waals surface area contributed by atoms with Crippen LogP contribution in [0.3, 0.4) is 0 Å². The lowest BCUT2D eigenvalue weighted by molar-refractivity contribution is -0.912. The third kappa shape index (κ3) is 6.89. The highest BCUT2D eigenvalue weighted by atomic mass is 16.5. The number of carbonyl (C=O) groups excluding carboxylic acids is 2. The lowest BCUT2D eigenvalue weighted by Crippen LogP contribution is -2.49. The molecule has 1 aromatic heterocycles. The van der Waals surface area contributed by atoms with E-state index in [2.05, 4.69) is 19.1 Å². The van der Waals surface area contributed by atoms with Crippen LogP contribution < -0.4 is 15.2 Å². The van der Waals surface area contributed by atoms with Gasteiger partial charge in [0.2, 0.25) is 17.8 Å². The molecule has 3 aromatic carbocycles. The minimum atomic E-state index is -0.710. The SMILES string of the molecule is CCCCc1cc2ccccc2c(OCC[N+](C)(C)[C@@H](C(=O)OC)c2ccc(C(N)=O)cc2-c2ccc(OC)cc2)n1. The summed E-state index contributed by atoms with van der Waals surface area (Å²) in [6.07, 6.45) is 3.03. The largest absolute Gasteiger partial charge is 0.497 e. The van der Waals surface area contributed by atoms with Crippen molar-refractivity contribution in [3.63, 3.8) is 0 Å². The summed E-state index contributed by atoms with van der Waals surface area (Å²) in [4.78, 5) is 30.3. The van der Waals surface area contributed by atoms with Gasteiger partial charge in [0.05, 0.1) is 28.3 Å². The molecule has 8 heteroatoms. The van der Waals surface area contributed by atoms with E-state index in [1.165, 1.54) is 7.11 Å². The number of rotatable bonds is 13. The zero-order valence-corrected chi connectivity index (χ0v) is 25.1. The Hall–Kier alpha value is -4.43. The maximum Gasteiger partial charge on any atom is 0.369 e. The van der Waals surface area contributed by atoms with Crippen molar-refractivity contribution in [2.75, 3.05) is 41.5 Å². The highest BCUT2D eigenvalue weighted by molar-refractivity contribution is 5.95. The normalized spacial score (nSPS) is 12.1. The van der Waals surface area contributed by atoms with Crippen molar-refractivity contribution in [1.82, 2.24) is 4.98 Å². The number of esters is 1. The first-order chi connectivity index (χ1) is 20.2. The van der Waals surface area contributed by atoms with E-state index in [9.17, 15) is 9.59 Å². The summed E-state index contributed by atoms with van der Waals surface area (Å²) in [5.41, 5.74) is 9.23. The summed E-state index contributed by atoms with van der Waals surface area (Å²) < 4.78 is 17.2. The van der Waals surface area contributed by atoms with E-state index in [4.69, 9.17) is 24.9 Å². The van der Waals surface area contributed by atoms with Gasteiger partial charge in [-0.05, 0) is 65.8 Å². The first-order valence-corrected chi connectivity index (χ1v) is 14.2.